The molecule has 59 heavy (non-hydrogen) atoms. The molecule has 2 aliphatic rings. The fourth-order valence-corrected chi connectivity index (χ4v) is 10.2. The molecule has 4 heteroatoms. The zero-order valence-corrected chi connectivity index (χ0v) is 33.7. The fraction of sp³-hybridized carbons (Fsp3) is 0.0909. The number of allylic oxidation sites excluding steroid dienone is 7. The van der Waals surface area contributed by atoms with Gasteiger partial charge in [-0.05, 0) is 120 Å². The number of para-hydroxylation sites is 1. The maximum atomic E-state index is 6.30. The van der Waals surface area contributed by atoms with Gasteiger partial charge in [-0.25, -0.2) is 0 Å². The molecule has 0 spiro atoms. The van der Waals surface area contributed by atoms with Crippen molar-refractivity contribution in [3.05, 3.63) is 205 Å². The van der Waals surface area contributed by atoms with Crippen LogP contribution < -0.4 is 9.80 Å². The Morgan fingerprint density at radius 2 is 1.29 bits per heavy atom. The van der Waals surface area contributed by atoms with E-state index in [1.165, 1.54) is 53.8 Å². The van der Waals surface area contributed by atoms with Gasteiger partial charge in [0.2, 0.25) is 0 Å². The molecule has 284 valence electrons. The van der Waals surface area contributed by atoms with Gasteiger partial charge in [0.1, 0.15) is 11.2 Å². The number of furan rings is 1. The predicted molar refractivity (Wildman–Crippen MR) is 253 cm³/mol. The van der Waals surface area contributed by atoms with Gasteiger partial charge in [0, 0.05) is 54.7 Å². The minimum atomic E-state index is 0.517. The average molecular weight is 779 g/mol. The Morgan fingerprint density at radius 1 is 0.542 bits per heavy atom. The second-order valence-electron chi connectivity index (χ2n) is 15.6. The van der Waals surface area contributed by atoms with Crippen LogP contribution in [-0.4, -0.2) is 0 Å². The van der Waals surface area contributed by atoms with Crippen molar-refractivity contribution in [1.29, 1.82) is 0 Å². The topological polar surface area (TPSA) is 19.6 Å². The molecule has 2 aromatic heterocycles. The molecule has 0 radical (unpaired) electrons. The third kappa shape index (κ3) is 6.37. The summed E-state index contributed by atoms with van der Waals surface area (Å²) in [7, 11) is 0. The summed E-state index contributed by atoms with van der Waals surface area (Å²) in [5, 5.41) is 4.75. The van der Waals surface area contributed by atoms with E-state index in [2.05, 4.69) is 199 Å². The van der Waals surface area contributed by atoms with Crippen LogP contribution in [0.5, 0.6) is 0 Å². The van der Waals surface area contributed by atoms with Gasteiger partial charge < -0.3 is 14.2 Å². The van der Waals surface area contributed by atoms with Crippen molar-refractivity contribution in [1.82, 2.24) is 0 Å². The normalized spacial score (nSPS) is 15.2. The van der Waals surface area contributed by atoms with Gasteiger partial charge in [-0.2, -0.15) is 0 Å². The van der Waals surface area contributed by atoms with Crippen molar-refractivity contribution in [2.24, 2.45) is 5.92 Å². The fourth-order valence-electron chi connectivity index (χ4n) is 8.96. The number of anilines is 5. The number of hydrogen-bond acceptors (Lipinski definition) is 4. The minimum Gasteiger partial charge on any atom is -0.456 e. The smallest absolute Gasteiger partial charge is 0.135 e. The standard InChI is InChI=1S/C55H42N2OS/c1-37-14-8-9-21-46(37)39-26-28-42(29-27-39)56(41-18-6-3-7-19-41)45-30-32-48-49-23-13-24-51(55(49)59-54(48)36-45)57(43-20-12-17-40(34-43)38-15-4-2-5-16-38)44-31-33-53-50(35-44)47-22-10-11-25-52(47)58-53/h2,4-6,8-13,15-37H,3,7,14H2,1H3. The van der Waals surface area contributed by atoms with E-state index in [-0.39, 0.29) is 0 Å². The van der Waals surface area contributed by atoms with Gasteiger partial charge >= 0.3 is 0 Å². The van der Waals surface area contributed by atoms with Crippen molar-refractivity contribution in [3.63, 3.8) is 0 Å². The van der Waals surface area contributed by atoms with Crippen LogP contribution in [0.3, 0.4) is 0 Å². The number of nitrogens with zero attached hydrogens (tertiary/aromatic N) is 2. The molecule has 11 rings (SSSR count). The Bertz CT molecular complexity index is 3160. The molecule has 1 atom stereocenters. The number of hydrogen-bond donors (Lipinski definition) is 0. The first kappa shape index (κ1) is 35.3. The molecule has 7 aromatic carbocycles. The first-order valence-electron chi connectivity index (χ1n) is 20.6. The summed E-state index contributed by atoms with van der Waals surface area (Å²) in [6.45, 7) is 2.32. The number of rotatable bonds is 8. The second kappa shape index (κ2) is 14.8. The first-order chi connectivity index (χ1) is 29.2. The monoisotopic (exact) mass is 778 g/mol. The summed E-state index contributed by atoms with van der Waals surface area (Å²) in [5.74, 6) is 0.517. The van der Waals surface area contributed by atoms with Crippen LogP contribution in [0.25, 0.3) is 58.8 Å². The van der Waals surface area contributed by atoms with Crippen LogP contribution in [0.1, 0.15) is 31.7 Å². The Kier molecular flexibility index (Phi) is 8.86. The number of fused-ring (bicyclic) bond motifs is 6. The molecule has 0 aliphatic heterocycles. The van der Waals surface area contributed by atoms with E-state index in [1.54, 1.807) is 0 Å². The third-order valence-corrected chi connectivity index (χ3v) is 13.1. The Balaban J connectivity index is 1.06. The molecule has 0 saturated carbocycles. The Hall–Kier alpha value is -6.88. The summed E-state index contributed by atoms with van der Waals surface area (Å²) in [6, 6.07) is 57.4. The molecule has 0 fully saturated rings. The van der Waals surface area contributed by atoms with Crippen LogP contribution in [0, 0.1) is 5.92 Å². The largest absolute Gasteiger partial charge is 0.456 e. The molecular formula is C55H42N2OS. The maximum absolute atomic E-state index is 6.30. The summed E-state index contributed by atoms with van der Waals surface area (Å²) >= 11 is 1.87. The molecule has 0 amide bonds. The molecule has 2 aliphatic carbocycles. The lowest BCUT2D eigenvalue weighted by atomic mass is 9.88. The van der Waals surface area contributed by atoms with E-state index in [9.17, 15) is 0 Å². The van der Waals surface area contributed by atoms with Crippen LogP contribution >= 0.6 is 11.3 Å². The molecule has 0 bridgehead atoms. The highest BCUT2D eigenvalue weighted by molar-refractivity contribution is 7.26. The zero-order valence-electron chi connectivity index (χ0n) is 32.9. The Labute approximate surface area is 348 Å². The van der Waals surface area contributed by atoms with Gasteiger partial charge in [-0.3, -0.25) is 0 Å². The highest BCUT2D eigenvalue weighted by atomic mass is 32.1. The quantitative estimate of drug-likeness (QED) is 0.153. The van der Waals surface area contributed by atoms with Crippen LogP contribution in [0.2, 0.25) is 0 Å². The van der Waals surface area contributed by atoms with E-state index in [1.807, 2.05) is 23.5 Å². The van der Waals surface area contributed by atoms with Crippen molar-refractivity contribution >= 4 is 87.5 Å². The number of thiophene rings is 1. The van der Waals surface area contributed by atoms with Gasteiger partial charge in [-0.1, -0.05) is 128 Å². The van der Waals surface area contributed by atoms with Gasteiger partial charge in [-0.15, -0.1) is 11.3 Å². The molecular weight excluding hydrogens is 737 g/mol. The van der Waals surface area contributed by atoms with Crippen LogP contribution in [-0.2, 0) is 0 Å². The lowest BCUT2D eigenvalue weighted by molar-refractivity contribution is 0.669. The molecule has 0 saturated heterocycles. The minimum absolute atomic E-state index is 0.517. The Morgan fingerprint density at radius 3 is 2.15 bits per heavy atom. The lowest BCUT2D eigenvalue weighted by Crippen LogP contribution is -2.16. The summed E-state index contributed by atoms with van der Waals surface area (Å²) in [5.41, 5.74) is 13.7. The van der Waals surface area contributed by atoms with Crippen molar-refractivity contribution in [3.8, 4) is 11.1 Å². The zero-order chi connectivity index (χ0) is 39.3. The molecule has 1 unspecified atom stereocenters. The van der Waals surface area contributed by atoms with Gasteiger partial charge in [0.15, 0.2) is 0 Å². The molecule has 9 aromatic rings. The summed E-state index contributed by atoms with van der Waals surface area (Å²) in [6.07, 6.45) is 16.9. The van der Waals surface area contributed by atoms with E-state index < -0.39 is 0 Å². The van der Waals surface area contributed by atoms with Crippen molar-refractivity contribution in [2.75, 3.05) is 9.80 Å². The third-order valence-electron chi connectivity index (χ3n) is 11.9. The molecule has 2 heterocycles. The van der Waals surface area contributed by atoms with E-state index in [0.717, 1.165) is 64.0 Å². The first-order valence-corrected chi connectivity index (χ1v) is 21.4. The second-order valence-corrected chi connectivity index (χ2v) is 16.7. The number of benzene rings is 7. The van der Waals surface area contributed by atoms with Gasteiger partial charge in [0.25, 0.3) is 0 Å². The maximum Gasteiger partial charge on any atom is 0.135 e. The summed E-state index contributed by atoms with van der Waals surface area (Å²) < 4.78 is 8.80. The van der Waals surface area contributed by atoms with Gasteiger partial charge in [0.05, 0.1) is 10.4 Å². The molecule has 3 nitrogen and oxygen atoms in total. The van der Waals surface area contributed by atoms with Crippen molar-refractivity contribution < 1.29 is 4.42 Å². The SMILES string of the molecule is CC1CC=CC=C1c1ccc(N(C2=CCCC=C2)c2ccc3c(c2)sc2c(N(c4cccc(-c5ccccc5)c4)c4ccc5oc6ccccc6c5c4)cccc23)cc1. The predicted octanol–water partition coefficient (Wildman–Crippen LogP) is 16.4. The van der Waals surface area contributed by atoms with E-state index >= 15 is 0 Å². The van der Waals surface area contributed by atoms with Crippen molar-refractivity contribution in [2.45, 2.75) is 26.2 Å². The van der Waals surface area contributed by atoms with Crippen LogP contribution in [0.15, 0.2) is 204 Å². The molecule has 0 N–H and O–H groups in total. The average Bonchev–Trinajstić information content (AvgIpc) is 3.86. The van der Waals surface area contributed by atoms with E-state index in [0.29, 0.717) is 5.92 Å². The summed E-state index contributed by atoms with van der Waals surface area (Å²) in [4.78, 5) is 4.85. The highest BCUT2D eigenvalue weighted by Crippen LogP contribution is 2.47. The van der Waals surface area contributed by atoms with E-state index in [4.69, 9.17) is 4.42 Å². The lowest BCUT2D eigenvalue weighted by Gasteiger charge is -2.28. The van der Waals surface area contributed by atoms with Crippen LogP contribution in [0.4, 0.5) is 28.4 Å². The highest BCUT2D eigenvalue weighted by Gasteiger charge is 2.22.